The number of nitrogens with zero attached hydrogens (tertiary/aromatic N) is 1. The Kier molecular flexibility index (Phi) is 6.43. The maximum atomic E-state index is 11.9. The Morgan fingerprint density at radius 1 is 0.962 bits per heavy atom. The molecule has 2 N–H and O–H groups in total. The third kappa shape index (κ3) is 5.38. The van der Waals surface area contributed by atoms with Crippen LogP contribution in [0.5, 0.6) is 0 Å². The molecule has 0 radical (unpaired) electrons. The van der Waals surface area contributed by atoms with E-state index in [9.17, 15) is 13.5 Å². The van der Waals surface area contributed by atoms with E-state index in [1.165, 1.54) is 5.56 Å². The minimum absolute atomic E-state index is 0.0275. The molecular formula is C20H26N2O3S. The number of hydrogen-bond donors (Lipinski definition) is 2. The summed E-state index contributed by atoms with van der Waals surface area (Å²) in [6.07, 6.45) is -0.821. The Bertz CT molecular complexity index is 781. The van der Waals surface area contributed by atoms with E-state index in [1.807, 2.05) is 48.5 Å². The second-order valence-corrected chi connectivity index (χ2v) is 8.98. The minimum Gasteiger partial charge on any atom is -0.390 e. The van der Waals surface area contributed by atoms with E-state index in [0.717, 1.165) is 18.7 Å². The number of rotatable bonds is 8. The van der Waals surface area contributed by atoms with Gasteiger partial charge in [0, 0.05) is 26.2 Å². The molecule has 3 rings (SSSR count). The molecule has 0 saturated carbocycles. The van der Waals surface area contributed by atoms with E-state index in [0.29, 0.717) is 13.1 Å². The van der Waals surface area contributed by atoms with Gasteiger partial charge < -0.3 is 10.4 Å². The van der Waals surface area contributed by atoms with E-state index in [2.05, 4.69) is 22.3 Å². The van der Waals surface area contributed by atoms with Crippen molar-refractivity contribution in [2.75, 3.05) is 24.6 Å². The lowest BCUT2D eigenvalue weighted by atomic mass is 10.1. The zero-order chi connectivity index (χ0) is 18.4. The van der Waals surface area contributed by atoms with Crippen LogP contribution in [0.15, 0.2) is 60.7 Å². The largest absolute Gasteiger partial charge is 0.390 e. The van der Waals surface area contributed by atoms with Crippen molar-refractivity contribution in [3.05, 3.63) is 71.8 Å². The highest BCUT2D eigenvalue weighted by atomic mass is 32.2. The maximum absolute atomic E-state index is 11.9. The first-order valence-electron chi connectivity index (χ1n) is 8.94. The topological polar surface area (TPSA) is 69.6 Å². The summed E-state index contributed by atoms with van der Waals surface area (Å²) in [6.45, 7) is 2.81. The van der Waals surface area contributed by atoms with Crippen molar-refractivity contribution in [3.8, 4) is 0 Å². The highest BCUT2D eigenvalue weighted by Gasteiger charge is 2.39. The third-order valence-corrected chi connectivity index (χ3v) is 6.44. The smallest absolute Gasteiger partial charge is 0.154 e. The number of nitrogens with one attached hydrogen (secondary N) is 1. The highest BCUT2D eigenvalue weighted by molar-refractivity contribution is 7.91. The molecule has 0 amide bonds. The molecule has 0 aliphatic carbocycles. The number of aliphatic hydroxyl groups excluding tert-OH is 1. The van der Waals surface area contributed by atoms with Crippen LogP contribution >= 0.6 is 0 Å². The molecule has 1 heterocycles. The fraction of sp³-hybridized carbons (Fsp3) is 0.400. The van der Waals surface area contributed by atoms with Crippen LogP contribution in [0.1, 0.15) is 11.1 Å². The first kappa shape index (κ1) is 19.0. The average Bonchev–Trinajstić information content (AvgIpc) is 2.92. The monoisotopic (exact) mass is 374 g/mol. The van der Waals surface area contributed by atoms with Gasteiger partial charge in [-0.3, -0.25) is 4.90 Å². The van der Waals surface area contributed by atoms with Crippen LogP contribution in [0.25, 0.3) is 0 Å². The Hall–Kier alpha value is -1.73. The summed E-state index contributed by atoms with van der Waals surface area (Å²) in [5, 5.41) is 13.7. The van der Waals surface area contributed by atoms with E-state index in [4.69, 9.17) is 0 Å². The van der Waals surface area contributed by atoms with E-state index in [1.54, 1.807) is 0 Å². The normalized spacial score (nSPS) is 21.9. The summed E-state index contributed by atoms with van der Waals surface area (Å²) in [4.78, 5) is 2.09. The van der Waals surface area contributed by atoms with Gasteiger partial charge in [0.15, 0.2) is 9.84 Å². The van der Waals surface area contributed by atoms with Gasteiger partial charge in [-0.25, -0.2) is 8.42 Å². The molecule has 2 aromatic rings. The van der Waals surface area contributed by atoms with Gasteiger partial charge in [0.05, 0.1) is 23.7 Å². The lowest BCUT2D eigenvalue weighted by molar-refractivity contribution is 0.0786. The number of benzene rings is 2. The predicted molar refractivity (Wildman–Crippen MR) is 103 cm³/mol. The summed E-state index contributed by atoms with van der Waals surface area (Å²) in [5.74, 6) is -0.111. The lowest BCUT2D eigenvalue weighted by Gasteiger charge is -2.30. The van der Waals surface area contributed by atoms with Crippen molar-refractivity contribution < 1.29 is 13.5 Å². The van der Waals surface area contributed by atoms with Crippen LogP contribution in [0.3, 0.4) is 0 Å². The molecule has 140 valence electrons. The zero-order valence-electron chi connectivity index (χ0n) is 14.8. The summed E-state index contributed by atoms with van der Waals surface area (Å²) < 4.78 is 23.8. The molecule has 2 aromatic carbocycles. The molecule has 1 fully saturated rings. The molecule has 0 unspecified atom stereocenters. The molecular weight excluding hydrogens is 348 g/mol. The molecule has 2 atom stereocenters. The number of hydrogen-bond acceptors (Lipinski definition) is 5. The first-order chi connectivity index (χ1) is 12.5. The second kappa shape index (κ2) is 8.77. The number of sulfone groups is 1. The Balaban J connectivity index is 1.61. The SMILES string of the molecule is O=S1(=O)C[C@@H](O)[C@H](N(CCNCc2ccccc2)Cc2ccccc2)C1. The maximum Gasteiger partial charge on any atom is 0.154 e. The van der Waals surface area contributed by atoms with Gasteiger partial charge in [-0.2, -0.15) is 0 Å². The van der Waals surface area contributed by atoms with Gasteiger partial charge in [-0.05, 0) is 11.1 Å². The van der Waals surface area contributed by atoms with Gasteiger partial charge in [0.1, 0.15) is 0 Å². The van der Waals surface area contributed by atoms with E-state index in [-0.39, 0.29) is 17.5 Å². The predicted octanol–water partition coefficient (Wildman–Crippen LogP) is 1.44. The van der Waals surface area contributed by atoms with Crippen LogP contribution in [-0.4, -0.2) is 55.2 Å². The summed E-state index contributed by atoms with van der Waals surface area (Å²) in [7, 11) is -3.17. The van der Waals surface area contributed by atoms with Gasteiger partial charge in [0.2, 0.25) is 0 Å². The Morgan fingerprint density at radius 3 is 2.15 bits per heavy atom. The van der Waals surface area contributed by atoms with Crippen molar-refractivity contribution in [3.63, 3.8) is 0 Å². The summed E-state index contributed by atoms with van der Waals surface area (Å²) in [6, 6.07) is 19.8. The summed E-state index contributed by atoms with van der Waals surface area (Å²) in [5.41, 5.74) is 2.33. The molecule has 6 heteroatoms. The molecule has 0 spiro atoms. The van der Waals surface area contributed by atoms with Gasteiger partial charge >= 0.3 is 0 Å². The van der Waals surface area contributed by atoms with Crippen molar-refractivity contribution >= 4 is 9.84 Å². The van der Waals surface area contributed by atoms with Crippen LogP contribution in [0, 0.1) is 0 Å². The molecule has 26 heavy (non-hydrogen) atoms. The fourth-order valence-electron chi connectivity index (χ4n) is 3.39. The fourth-order valence-corrected chi connectivity index (χ4v) is 5.22. The molecule has 0 aromatic heterocycles. The minimum atomic E-state index is -3.17. The van der Waals surface area contributed by atoms with Crippen LogP contribution in [0.2, 0.25) is 0 Å². The standard InChI is InChI=1S/C20H26N2O3S/c23-20-16-26(24,25)15-19(20)22(14-18-9-5-2-6-10-18)12-11-21-13-17-7-3-1-4-8-17/h1-10,19-21,23H,11-16H2/t19-,20-/m1/s1. The molecule has 0 bridgehead atoms. The summed E-state index contributed by atoms with van der Waals surface area (Å²) >= 11 is 0. The third-order valence-electron chi connectivity index (χ3n) is 4.74. The van der Waals surface area contributed by atoms with Gasteiger partial charge in [0.25, 0.3) is 0 Å². The van der Waals surface area contributed by atoms with Crippen LogP contribution in [-0.2, 0) is 22.9 Å². The second-order valence-electron chi connectivity index (χ2n) is 6.83. The highest BCUT2D eigenvalue weighted by Crippen LogP contribution is 2.20. The lowest BCUT2D eigenvalue weighted by Crippen LogP contribution is -2.45. The van der Waals surface area contributed by atoms with E-state index >= 15 is 0 Å². The molecule has 1 aliphatic rings. The Morgan fingerprint density at radius 2 is 1.58 bits per heavy atom. The van der Waals surface area contributed by atoms with Crippen molar-refractivity contribution in [2.24, 2.45) is 0 Å². The van der Waals surface area contributed by atoms with Gasteiger partial charge in [-0.15, -0.1) is 0 Å². The quantitative estimate of drug-likeness (QED) is 0.684. The molecule has 5 nitrogen and oxygen atoms in total. The average molecular weight is 375 g/mol. The van der Waals surface area contributed by atoms with E-state index < -0.39 is 15.9 Å². The Labute approximate surface area is 155 Å². The molecule has 1 aliphatic heterocycles. The molecule has 1 saturated heterocycles. The van der Waals surface area contributed by atoms with Crippen molar-refractivity contribution in [1.29, 1.82) is 0 Å². The van der Waals surface area contributed by atoms with Crippen molar-refractivity contribution in [1.82, 2.24) is 10.2 Å². The first-order valence-corrected chi connectivity index (χ1v) is 10.8. The van der Waals surface area contributed by atoms with Crippen LogP contribution in [0.4, 0.5) is 0 Å². The van der Waals surface area contributed by atoms with Crippen molar-refractivity contribution in [2.45, 2.75) is 25.2 Å². The number of aliphatic hydroxyl groups is 1. The van der Waals surface area contributed by atoms with Crippen LogP contribution < -0.4 is 5.32 Å². The zero-order valence-corrected chi connectivity index (χ0v) is 15.6. The van der Waals surface area contributed by atoms with Gasteiger partial charge in [-0.1, -0.05) is 60.7 Å².